The molecular weight excluding hydrogens is 263 g/mol. The van der Waals surface area contributed by atoms with Crippen molar-refractivity contribution in [2.75, 3.05) is 25.0 Å². The number of nitrogens with one attached hydrogen (secondary N) is 1. The predicted molar refractivity (Wildman–Crippen MR) is 87.2 cm³/mol. The summed E-state index contributed by atoms with van der Waals surface area (Å²) in [6, 6.07) is 15.5. The van der Waals surface area contributed by atoms with E-state index in [1.165, 1.54) is 17.2 Å². The number of para-hydroxylation sites is 1. The lowest BCUT2D eigenvalue weighted by Crippen LogP contribution is -2.23. The number of likely N-dealkylation sites (N-methyl/N-ethyl adjacent to an activating group) is 1. The van der Waals surface area contributed by atoms with E-state index in [4.69, 9.17) is 0 Å². The normalized spacial score (nSPS) is 10.6. The third-order valence-corrected chi connectivity index (χ3v) is 3.63. The van der Waals surface area contributed by atoms with Crippen molar-refractivity contribution in [3.63, 3.8) is 0 Å². The lowest BCUT2D eigenvalue weighted by molar-refractivity contribution is 0.618. The molecule has 3 heteroatoms. The highest BCUT2D eigenvalue weighted by atomic mass is 19.1. The first-order valence-corrected chi connectivity index (χ1v) is 7.46. The van der Waals surface area contributed by atoms with E-state index in [2.05, 4.69) is 34.5 Å². The van der Waals surface area contributed by atoms with E-state index in [-0.39, 0.29) is 5.82 Å². The molecule has 0 heterocycles. The Kier molecular flexibility index (Phi) is 5.76. The van der Waals surface area contributed by atoms with Gasteiger partial charge in [0.2, 0.25) is 0 Å². The molecule has 2 aromatic rings. The third kappa shape index (κ3) is 4.30. The van der Waals surface area contributed by atoms with E-state index in [1.807, 2.05) is 26.1 Å². The zero-order valence-electron chi connectivity index (χ0n) is 12.8. The Hall–Kier alpha value is -1.87. The topological polar surface area (TPSA) is 15.3 Å². The Balaban J connectivity index is 2.07. The van der Waals surface area contributed by atoms with Crippen LogP contribution in [0.2, 0.25) is 0 Å². The minimum absolute atomic E-state index is 0.162. The lowest BCUT2D eigenvalue weighted by Gasteiger charge is -2.23. The summed E-state index contributed by atoms with van der Waals surface area (Å²) in [6.45, 7) is 4.54. The van der Waals surface area contributed by atoms with Crippen LogP contribution < -0.4 is 10.2 Å². The molecule has 0 saturated carbocycles. The third-order valence-electron chi connectivity index (χ3n) is 3.63. The van der Waals surface area contributed by atoms with E-state index >= 15 is 0 Å². The fourth-order valence-electron chi connectivity index (χ4n) is 2.38. The van der Waals surface area contributed by atoms with E-state index in [1.54, 1.807) is 6.07 Å². The number of rotatable bonds is 7. The standard InChI is InChI=1S/C18H23FN2/c1-3-21(18-7-5-4-6-17(18)19)14-16-10-8-15(9-11-16)12-13-20-2/h4-11,20H,3,12-14H2,1-2H3. The molecule has 21 heavy (non-hydrogen) atoms. The molecule has 0 fully saturated rings. The first-order chi connectivity index (χ1) is 10.2. The molecule has 2 rings (SSSR count). The van der Waals surface area contributed by atoms with Gasteiger partial charge in [0.05, 0.1) is 5.69 Å². The van der Waals surface area contributed by atoms with Gasteiger partial charge >= 0.3 is 0 Å². The van der Waals surface area contributed by atoms with Gasteiger partial charge in [0.1, 0.15) is 5.82 Å². The van der Waals surface area contributed by atoms with Crippen LogP contribution in [0.4, 0.5) is 10.1 Å². The average molecular weight is 286 g/mol. The summed E-state index contributed by atoms with van der Waals surface area (Å²) in [6.07, 6.45) is 1.03. The Morgan fingerprint density at radius 3 is 2.29 bits per heavy atom. The van der Waals surface area contributed by atoms with E-state index in [9.17, 15) is 4.39 Å². The summed E-state index contributed by atoms with van der Waals surface area (Å²) < 4.78 is 13.9. The number of anilines is 1. The van der Waals surface area contributed by atoms with Gasteiger partial charge < -0.3 is 10.2 Å². The zero-order chi connectivity index (χ0) is 15.1. The van der Waals surface area contributed by atoms with Gasteiger partial charge in [-0.2, -0.15) is 0 Å². The largest absolute Gasteiger partial charge is 0.365 e. The van der Waals surface area contributed by atoms with Crippen molar-refractivity contribution >= 4 is 5.69 Å². The highest BCUT2D eigenvalue weighted by molar-refractivity contribution is 5.48. The van der Waals surface area contributed by atoms with Gasteiger partial charge in [0.25, 0.3) is 0 Å². The van der Waals surface area contributed by atoms with Gasteiger partial charge in [-0.3, -0.25) is 0 Å². The quantitative estimate of drug-likeness (QED) is 0.836. The Morgan fingerprint density at radius 1 is 1.00 bits per heavy atom. The number of benzene rings is 2. The van der Waals surface area contributed by atoms with Crippen molar-refractivity contribution in [3.05, 3.63) is 65.5 Å². The van der Waals surface area contributed by atoms with Gasteiger partial charge in [-0.15, -0.1) is 0 Å². The fraction of sp³-hybridized carbons (Fsp3) is 0.333. The number of hydrogen-bond acceptors (Lipinski definition) is 2. The number of hydrogen-bond donors (Lipinski definition) is 1. The maximum absolute atomic E-state index is 13.9. The van der Waals surface area contributed by atoms with E-state index in [0.29, 0.717) is 5.69 Å². The van der Waals surface area contributed by atoms with Crippen molar-refractivity contribution in [2.24, 2.45) is 0 Å². The highest BCUT2D eigenvalue weighted by Gasteiger charge is 2.09. The van der Waals surface area contributed by atoms with Gasteiger partial charge in [-0.25, -0.2) is 4.39 Å². The number of halogens is 1. The van der Waals surface area contributed by atoms with Crippen LogP contribution in [0.5, 0.6) is 0 Å². The number of nitrogens with zero attached hydrogens (tertiary/aromatic N) is 1. The molecule has 0 aliphatic carbocycles. The SMILES string of the molecule is CCN(Cc1ccc(CCNC)cc1)c1ccccc1F. The van der Waals surface area contributed by atoms with Gasteiger partial charge in [-0.1, -0.05) is 36.4 Å². The second kappa shape index (κ2) is 7.79. The van der Waals surface area contributed by atoms with Gasteiger partial charge in [0.15, 0.2) is 0 Å². The maximum Gasteiger partial charge on any atom is 0.146 e. The monoisotopic (exact) mass is 286 g/mol. The first kappa shape index (κ1) is 15.5. The predicted octanol–water partition coefficient (Wildman–Crippen LogP) is 3.61. The molecule has 0 spiro atoms. The molecular formula is C18H23FN2. The van der Waals surface area contributed by atoms with Crippen LogP contribution in [-0.4, -0.2) is 20.1 Å². The second-order valence-electron chi connectivity index (χ2n) is 5.14. The van der Waals surface area contributed by atoms with Crippen LogP contribution in [-0.2, 0) is 13.0 Å². The molecule has 2 aromatic carbocycles. The van der Waals surface area contributed by atoms with Crippen LogP contribution in [0.15, 0.2) is 48.5 Å². The van der Waals surface area contributed by atoms with Gasteiger partial charge in [0, 0.05) is 13.1 Å². The molecule has 112 valence electrons. The van der Waals surface area contributed by atoms with Crippen LogP contribution in [0.3, 0.4) is 0 Å². The zero-order valence-corrected chi connectivity index (χ0v) is 12.8. The first-order valence-electron chi connectivity index (χ1n) is 7.46. The van der Waals surface area contributed by atoms with Gasteiger partial charge in [-0.05, 0) is 50.2 Å². The van der Waals surface area contributed by atoms with E-state index < -0.39 is 0 Å². The molecule has 0 amide bonds. The highest BCUT2D eigenvalue weighted by Crippen LogP contribution is 2.20. The Labute approximate surface area is 126 Å². The van der Waals surface area contributed by atoms with Crippen molar-refractivity contribution < 1.29 is 4.39 Å². The smallest absolute Gasteiger partial charge is 0.146 e. The molecule has 1 N–H and O–H groups in total. The summed E-state index contributed by atoms with van der Waals surface area (Å²) >= 11 is 0. The lowest BCUT2D eigenvalue weighted by atomic mass is 10.1. The average Bonchev–Trinajstić information content (AvgIpc) is 2.52. The minimum atomic E-state index is -0.162. The molecule has 0 atom stereocenters. The van der Waals surface area contributed by atoms with Crippen LogP contribution in [0, 0.1) is 5.82 Å². The molecule has 0 aliphatic rings. The van der Waals surface area contributed by atoms with Crippen LogP contribution in [0.1, 0.15) is 18.1 Å². The molecule has 0 unspecified atom stereocenters. The minimum Gasteiger partial charge on any atom is -0.365 e. The molecule has 0 saturated heterocycles. The summed E-state index contributed by atoms with van der Waals surface area (Å²) in [5.74, 6) is -0.162. The molecule has 0 bridgehead atoms. The van der Waals surface area contributed by atoms with Crippen molar-refractivity contribution in [2.45, 2.75) is 19.9 Å². The Bertz CT molecular complexity index is 551. The van der Waals surface area contributed by atoms with Crippen LogP contribution >= 0.6 is 0 Å². The van der Waals surface area contributed by atoms with Crippen molar-refractivity contribution in [1.29, 1.82) is 0 Å². The molecule has 2 nitrogen and oxygen atoms in total. The fourth-order valence-corrected chi connectivity index (χ4v) is 2.38. The maximum atomic E-state index is 13.9. The van der Waals surface area contributed by atoms with Crippen molar-refractivity contribution in [1.82, 2.24) is 5.32 Å². The van der Waals surface area contributed by atoms with E-state index in [0.717, 1.165) is 26.1 Å². The summed E-state index contributed by atoms with van der Waals surface area (Å²) in [5, 5.41) is 3.15. The van der Waals surface area contributed by atoms with Crippen LogP contribution in [0.25, 0.3) is 0 Å². The summed E-state index contributed by atoms with van der Waals surface area (Å²) in [4.78, 5) is 2.05. The Morgan fingerprint density at radius 2 is 1.67 bits per heavy atom. The molecule has 0 radical (unpaired) electrons. The summed E-state index contributed by atoms with van der Waals surface area (Å²) in [7, 11) is 1.96. The van der Waals surface area contributed by atoms with Crippen molar-refractivity contribution in [3.8, 4) is 0 Å². The summed E-state index contributed by atoms with van der Waals surface area (Å²) in [5.41, 5.74) is 3.19. The second-order valence-corrected chi connectivity index (χ2v) is 5.14. The molecule has 0 aromatic heterocycles. The molecule has 0 aliphatic heterocycles.